The van der Waals surface area contributed by atoms with Gasteiger partial charge in [0.05, 0.1) is 24.4 Å². The Kier molecular flexibility index (Phi) is 22.0. The summed E-state index contributed by atoms with van der Waals surface area (Å²) in [5.74, 6) is 2.79. The summed E-state index contributed by atoms with van der Waals surface area (Å²) < 4.78 is 26.8. The number of aliphatic hydroxyl groups is 4. The van der Waals surface area contributed by atoms with Crippen LogP contribution in [0.15, 0.2) is 109 Å². The zero-order valence-corrected chi connectivity index (χ0v) is 60.3. The van der Waals surface area contributed by atoms with E-state index in [1.54, 1.807) is 0 Å². The summed E-state index contributed by atoms with van der Waals surface area (Å²) in [5, 5.41) is 51.1. The summed E-state index contributed by atoms with van der Waals surface area (Å²) in [6, 6.07) is 36.6. The summed E-state index contributed by atoms with van der Waals surface area (Å²) in [5.41, 5.74) is 4.81. The first-order valence-electron chi connectivity index (χ1n) is 34.4. The molecule has 0 saturated carbocycles. The van der Waals surface area contributed by atoms with Crippen LogP contribution < -0.4 is 18.9 Å². The highest BCUT2D eigenvalue weighted by Gasteiger charge is 2.50. The minimum atomic E-state index is -0.387. The minimum absolute atomic E-state index is 0.231. The number of hydrogen-bond donors (Lipinski definition) is 4. The molecule has 16 heteroatoms. The van der Waals surface area contributed by atoms with Crippen LogP contribution in [-0.2, 0) is 45.8 Å². The summed E-state index contributed by atoms with van der Waals surface area (Å²) in [6.45, 7) is 43.1. The van der Waals surface area contributed by atoms with Gasteiger partial charge in [-0.25, -0.2) is 0 Å². The molecule has 0 bridgehead atoms. The smallest absolute Gasteiger partial charge is 0.119 e. The van der Waals surface area contributed by atoms with Crippen molar-refractivity contribution in [2.24, 2.45) is 0 Å². The largest absolute Gasteiger partial charge is 0.489 e. The first kappa shape index (κ1) is 73.1. The van der Waals surface area contributed by atoms with Crippen molar-refractivity contribution in [1.29, 1.82) is 0 Å². The molecule has 4 atom stereocenters. The monoisotopic (exact) mass is 1300 g/mol. The topological polar surface area (TPSA) is 168 Å². The predicted octanol–water partition coefficient (Wildman–Crippen LogP) is 16.0. The van der Waals surface area contributed by atoms with Gasteiger partial charge in [0.1, 0.15) is 73.8 Å². The fraction of sp³-hybridized carbons (Fsp3) is 0.615. The van der Waals surface area contributed by atoms with Crippen molar-refractivity contribution in [3.8, 4) is 23.0 Å². The quantitative estimate of drug-likeness (QED) is 0.0460. The molecule has 4 aliphatic rings. The summed E-state index contributed by atoms with van der Waals surface area (Å²) in [4.78, 5) is 26.9. The second-order valence-corrected chi connectivity index (χ2v) is 32.7. The molecule has 0 radical (unpaired) electrons. The molecule has 94 heavy (non-hydrogen) atoms. The van der Waals surface area contributed by atoms with Gasteiger partial charge in [-0.1, -0.05) is 48.5 Å². The van der Waals surface area contributed by atoms with Crippen molar-refractivity contribution < 1.29 is 58.7 Å². The minimum Gasteiger partial charge on any atom is -0.489 e. The Balaban J connectivity index is 0.986. The van der Waals surface area contributed by atoms with Crippen molar-refractivity contribution in [1.82, 2.24) is 20.3 Å². The van der Waals surface area contributed by atoms with E-state index in [-0.39, 0.29) is 120 Å². The molecule has 5 aromatic rings. The van der Waals surface area contributed by atoms with E-state index in [1.165, 1.54) is 0 Å². The van der Waals surface area contributed by atoms with Crippen LogP contribution in [0.25, 0.3) is 0 Å². The number of benzene rings is 5. The number of ether oxygens (including phenoxy) is 4. The second-order valence-electron chi connectivity index (χ2n) is 32.7. The van der Waals surface area contributed by atoms with E-state index >= 15 is 0 Å². The molecule has 4 unspecified atom stereocenters. The van der Waals surface area contributed by atoms with E-state index in [1.807, 2.05) is 48.5 Å². The van der Waals surface area contributed by atoms with Gasteiger partial charge in [-0.15, -0.1) is 0 Å². The number of nitrogens with zero attached hydrogens (tertiary/aromatic N) is 4. The number of piperidine rings is 4. The highest BCUT2D eigenvalue weighted by Crippen LogP contribution is 2.46. The maximum absolute atomic E-state index is 10.7. The molecule has 0 spiro atoms. The molecule has 9 rings (SSSR count). The number of hydrogen-bond acceptors (Lipinski definition) is 16. The molecule has 518 valence electrons. The molecule has 4 fully saturated rings. The third-order valence-electron chi connectivity index (χ3n) is 19.8. The Morgan fingerprint density at radius 2 is 0.436 bits per heavy atom. The Hall–Kier alpha value is -5.18. The predicted molar refractivity (Wildman–Crippen MR) is 368 cm³/mol. The van der Waals surface area contributed by atoms with Crippen molar-refractivity contribution in [3.63, 3.8) is 0 Å². The normalized spacial score (nSPS) is 23.1. The summed E-state index contributed by atoms with van der Waals surface area (Å²) >= 11 is 0. The lowest BCUT2D eigenvalue weighted by Gasteiger charge is -2.53. The van der Waals surface area contributed by atoms with Gasteiger partial charge in [-0.3, -0.25) is 19.4 Å². The zero-order valence-electron chi connectivity index (χ0n) is 60.3. The van der Waals surface area contributed by atoms with Gasteiger partial charge < -0.3 is 39.4 Å². The maximum Gasteiger partial charge on any atom is 0.119 e. The van der Waals surface area contributed by atoms with E-state index in [0.29, 0.717) is 74.4 Å². The van der Waals surface area contributed by atoms with Gasteiger partial charge in [-0.05, 0) is 295 Å². The third-order valence-corrected chi connectivity index (χ3v) is 19.8. The van der Waals surface area contributed by atoms with Crippen LogP contribution >= 0.6 is 0 Å². The Morgan fingerprint density at radius 3 is 0.585 bits per heavy atom. The lowest BCUT2D eigenvalue weighted by atomic mass is 9.80. The number of aliphatic hydroxyl groups excluding tert-OH is 4. The number of rotatable bonds is 24. The molecule has 5 aromatic carbocycles. The molecule has 0 aromatic heterocycles. The van der Waals surface area contributed by atoms with Crippen molar-refractivity contribution in [2.45, 2.75) is 309 Å². The van der Waals surface area contributed by atoms with Crippen molar-refractivity contribution in [3.05, 3.63) is 154 Å². The third kappa shape index (κ3) is 17.6. The fourth-order valence-electron chi connectivity index (χ4n) is 16.2. The lowest BCUT2D eigenvalue weighted by molar-refractivity contribution is -0.313. The molecule has 0 amide bonds. The van der Waals surface area contributed by atoms with Crippen molar-refractivity contribution in [2.75, 3.05) is 0 Å². The average Bonchev–Trinajstić information content (AvgIpc) is 0.794. The van der Waals surface area contributed by atoms with Crippen LogP contribution in [0.5, 0.6) is 23.0 Å². The Morgan fingerprint density at radius 1 is 0.287 bits per heavy atom. The molecule has 4 heterocycles. The summed E-state index contributed by atoms with van der Waals surface area (Å²) in [7, 11) is 0. The second kappa shape index (κ2) is 28.3. The fourth-order valence-corrected chi connectivity index (χ4v) is 16.2. The van der Waals surface area contributed by atoms with Crippen LogP contribution in [0, 0.1) is 0 Å². The molecule has 4 saturated heterocycles. The van der Waals surface area contributed by atoms with E-state index in [0.717, 1.165) is 44.5 Å². The van der Waals surface area contributed by atoms with Gasteiger partial charge in [0, 0.05) is 44.3 Å². The highest BCUT2D eigenvalue weighted by atomic mass is 16.7. The molecule has 4 aliphatic heterocycles. The molecule has 16 nitrogen and oxygen atoms in total. The Labute approximate surface area is 562 Å². The van der Waals surface area contributed by atoms with Gasteiger partial charge in [0.25, 0.3) is 0 Å². The first-order chi connectivity index (χ1) is 43.7. The van der Waals surface area contributed by atoms with Gasteiger partial charge in [0.15, 0.2) is 0 Å². The standard InChI is InChI=1S/C78H114N4O12/c1-51(91-79-71(5,6)39-63(83)40-72(79,7)8)55-21-29-67(30-22-55)87-47-59-37-61(49-89-69-33-25-57(26-34-69)53(3)93-81-75(13,14)43-65(85)44-76(81,15)16)62(50-90-70-35-27-58(28-36-70)54(4)94-82-77(17,18)45-66(86)46-78(82,19)20)38-60(59)48-88-68-31-23-56(24-32-68)52(2)92-80-73(9,10)41-64(84)42-74(80,11)12/h21-38,51-54,63-66,83-86H,39-50H2,1-20H3. The van der Waals surface area contributed by atoms with Crippen LogP contribution in [0.1, 0.15) is 259 Å². The van der Waals surface area contributed by atoms with Crippen LogP contribution in [0.4, 0.5) is 0 Å². The van der Waals surface area contributed by atoms with E-state index in [2.05, 4.69) is 219 Å². The van der Waals surface area contributed by atoms with Crippen LogP contribution in [0.2, 0.25) is 0 Å². The lowest BCUT2D eigenvalue weighted by Crippen LogP contribution is -2.61. The van der Waals surface area contributed by atoms with Gasteiger partial charge >= 0.3 is 0 Å². The SMILES string of the molecule is CC(ON1C(C)(C)CC(O)CC1(C)C)c1ccc(OCc2cc(COc3ccc(C(C)ON4C(C)(C)CC(O)CC4(C)C)cc3)c(COc3ccc(C(C)ON4C(C)(C)CC(O)CC4(C)C)cc3)cc2COc2ccc(C(C)ON3C(C)(C)CC(O)CC3(C)C)cc2)cc1. The van der Waals surface area contributed by atoms with Crippen LogP contribution in [-0.4, -0.2) is 109 Å². The first-order valence-corrected chi connectivity index (χ1v) is 34.4. The number of hydroxylamine groups is 8. The molecule has 0 aliphatic carbocycles. The molecular formula is C78H114N4O12. The molecular weight excluding hydrogens is 1180 g/mol. The van der Waals surface area contributed by atoms with E-state index < -0.39 is 0 Å². The van der Waals surface area contributed by atoms with Crippen LogP contribution in [0.3, 0.4) is 0 Å². The van der Waals surface area contributed by atoms with Crippen molar-refractivity contribution >= 4 is 0 Å². The van der Waals surface area contributed by atoms with Gasteiger partial charge in [-0.2, -0.15) is 20.3 Å². The highest BCUT2D eigenvalue weighted by molar-refractivity contribution is 5.41. The van der Waals surface area contributed by atoms with Gasteiger partial charge in [0.2, 0.25) is 0 Å². The molecule has 4 N–H and O–H groups in total. The average molecular weight is 1300 g/mol. The maximum atomic E-state index is 10.7. The summed E-state index contributed by atoms with van der Waals surface area (Å²) in [6.07, 6.45) is 2.42. The Bertz CT molecular complexity index is 2790. The van der Waals surface area contributed by atoms with E-state index in [4.69, 9.17) is 38.3 Å². The zero-order chi connectivity index (χ0) is 68.7. The van der Waals surface area contributed by atoms with E-state index in [9.17, 15) is 20.4 Å².